The van der Waals surface area contributed by atoms with Gasteiger partial charge in [-0.1, -0.05) is 0 Å². The van der Waals surface area contributed by atoms with Crippen LogP contribution in [0.5, 0.6) is 0 Å². The third-order valence-corrected chi connectivity index (χ3v) is 1.80. The smallest absolute Gasteiger partial charge is 0.314 e. The molecule has 3 N–H and O–H groups in total. The lowest BCUT2D eigenvalue weighted by Crippen LogP contribution is -2.51. The van der Waals surface area contributed by atoms with Gasteiger partial charge >= 0.3 is 6.03 Å². The van der Waals surface area contributed by atoms with Crippen molar-refractivity contribution < 1.29 is 4.79 Å². The average molecular weight is 143 g/mol. The van der Waals surface area contributed by atoms with Crippen molar-refractivity contribution in [3.05, 3.63) is 0 Å². The van der Waals surface area contributed by atoms with Gasteiger partial charge in [0.1, 0.15) is 0 Å². The highest BCUT2D eigenvalue weighted by atomic mass is 16.2. The standard InChI is InChI=1S/C6H13N3O/c1-9(6(7)10)4-5-2-3-8-5/h5,8H,2-4H2,1H3,(H2,7,10). The van der Waals surface area contributed by atoms with Crippen LogP contribution in [0.3, 0.4) is 0 Å². The summed E-state index contributed by atoms with van der Waals surface area (Å²) < 4.78 is 0. The van der Waals surface area contributed by atoms with E-state index in [1.165, 1.54) is 4.90 Å². The Morgan fingerprint density at radius 1 is 1.90 bits per heavy atom. The van der Waals surface area contributed by atoms with E-state index in [0.717, 1.165) is 19.5 Å². The summed E-state index contributed by atoms with van der Waals surface area (Å²) in [6, 6.07) is 0.117. The van der Waals surface area contributed by atoms with Gasteiger partial charge in [-0.3, -0.25) is 0 Å². The number of rotatable bonds is 2. The molecule has 0 aromatic heterocycles. The van der Waals surface area contributed by atoms with Gasteiger partial charge < -0.3 is 16.0 Å². The van der Waals surface area contributed by atoms with Crippen molar-refractivity contribution >= 4 is 6.03 Å². The predicted octanol–water partition coefficient (Wildman–Crippen LogP) is -0.641. The molecule has 0 spiro atoms. The van der Waals surface area contributed by atoms with E-state index in [2.05, 4.69) is 5.32 Å². The number of nitrogens with zero attached hydrogens (tertiary/aromatic N) is 1. The van der Waals surface area contributed by atoms with Gasteiger partial charge in [0.05, 0.1) is 0 Å². The molecule has 0 aliphatic carbocycles. The van der Waals surface area contributed by atoms with Crippen LogP contribution in [0.2, 0.25) is 0 Å². The zero-order valence-corrected chi connectivity index (χ0v) is 6.13. The van der Waals surface area contributed by atoms with Crippen LogP contribution in [0.4, 0.5) is 4.79 Å². The number of urea groups is 1. The minimum atomic E-state index is -0.353. The lowest BCUT2D eigenvalue weighted by Gasteiger charge is -2.30. The van der Waals surface area contributed by atoms with Crippen molar-refractivity contribution in [2.24, 2.45) is 5.73 Å². The van der Waals surface area contributed by atoms with E-state index in [0.29, 0.717) is 6.04 Å². The van der Waals surface area contributed by atoms with Crippen LogP contribution < -0.4 is 11.1 Å². The normalized spacial score (nSPS) is 23.5. The highest BCUT2D eigenvalue weighted by molar-refractivity contribution is 5.71. The molecular formula is C6H13N3O. The molecule has 1 heterocycles. The summed E-state index contributed by atoms with van der Waals surface area (Å²) in [5.41, 5.74) is 5.02. The first-order chi connectivity index (χ1) is 4.70. The van der Waals surface area contributed by atoms with Crippen LogP contribution in [0.15, 0.2) is 0 Å². The lowest BCUT2D eigenvalue weighted by atomic mass is 10.1. The second-order valence-corrected chi connectivity index (χ2v) is 2.66. The molecule has 0 saturated carbocycles. The number of hydrogen-bond donors (Lipinski definition) is 2. The monoisotopic (exact) mass is 143 g/mol. The molecule has 1 unspecified atom stereocenters. The number of amides is 2. The molecular weight excluding hydrogens is 130 g/mol. The van der Waals surface area contributed by atoms with Crippen molar-refractivity contribution in [3.63, 3.8) is 0 Å². The van der Waals surface area contributed by atoms with Crippen LogP contribution in [-0.2, 0) is 0 Å². The highest BCUT2D eigenvalue weighted by Gasteiger charge is 2.18. The van der Waals surface area contributed by atoms with Crippen LogP contribution in [0, 0.1) is 0 Å². The topological polar surface area (TPSA) is 58.4 Å². The first-order valence-corrected chi connectivity index (χ1v) is 3.44. The fourth-order valence-electron chi connectivity index (χ4n) is 0.925. The van der Waals surface area contributed by atoms with E-state index in [1.54, 1.807) is 7.05 Å². The van der Waals surface area contributed by atoms with Gasteiger partial charge in [-0.15, -0.1) is 0 Å². The van der Waals surface area contributed by atoms with Crippen LogP contribution in [0.25, 0.3) is 0 Å². The molecule has 1 atom stereocenters. The van der Waals surface area contributed by atoms with E-state index in [1.807, 2.05) is 0 Å². The van der Waals surface area contributed by atoms with Gasteiger partial charge in [-0.05, 0) is 13.0 Å². The fourth-order valence-corrected chi connectivity index (χ4v) is 0.925. The molecule has 1 saturated heterocycles. The van der Waals surface area contributed by atoms with Gasteiger partial charge in [0.25, 0.3) is 0 Å². The molecule has 1 aliphatic rings. The van der Waals surface area contributed by atoms with Crippen LogP contribution in [-0.4, -0.2) is 37.1 Å². The number of nitrogens with one attached hydrogen (secondary N) is 1. The molecule has 0 radical (unpaired) electrons. The summed E-state index contributed by atoms with van der Waals surface area (Å²) in [6.45, 7) is 1.80. The number of carbonyl (C=O) groups excluding carboxylic acids is 1. The Balaban J connectivity index is 2.16. The van der Waals surface area contributed by atoms with Crippen LogP contribution in [0.1, 0.15) is 6.42 Å². The molecule has 4 nitrogen and oxygen atoms in total. The Hall–Kier alpha value is -0.770. The largest absolute Gasteiger partial charge is 0.351 e. The third-order valence-electron chi connectivity index (χ3n) is 1.80. The van der Waals surface area contributed by atoms with Gasteiger partial charge in [-0.2, -0.15) is 0 Å². The summed E-state index contributed by atoms with van der Waals surface area (Å²) in [5, 5.41) is 3.18. The number of nitrogens with two attached hydrogens (primary N) is 1. The van der Waals surface area contributed by atoms with Gasteiger partial charge in [0, 0.05) is 19.6 Å². The molecule has 1 rings (SSSR count). The van der Waals surface area contributed by atoms with Crippen molar-refractivity contribution in [1.82, 2.24) is 10.2 Å². The maximum absolute atomic E-state index is 10.5. The SMILES string of the molecule is CN(CC1CCN1)C(N)=O. The van der Waals surface area contributed by atoms with Crippen molar-refractivity contribution in [3.8, 4) is 0 Å². The molecule has 58 valence electrons. The molecule has 0 bridgehead atoms. The van der Waals surface area contributed by atoms with Crippen LogP contribution >= 0.6 is 0 Å². The highest BCUT2D eigenvalue weighted by Crippen LogP contribution is 2.02. The molecule has 1 aliphatic heterocycles. The second kappa shape index (κ2) is 2.88. The molecule has 10 heavy (non-hydrogen) atoms. The van der Waals surface area contributed by atoms with E-state index in [9.17, 15) is 4.79 Å². The summed E-state index contributed by atoms with van der Waals surface area (Å²) >= 11 is 0. The van der Waals surface area contributed by atoms with Gasteiger partial charge in [0.15, 0.2) is 0 Å². The Kier molecular flexibility index (Phi) is 2.11. The number of carbonyl (C=O) groups is 1. The molecule has 2 amide bonds. The van der Waals surface area contributed by atoms with Crippen molar-refractivity contribution in [2.45, 2.75) is 12.5 Å². The third kappa shape index (κ3) is 1.60. The quantitative estimate of drug-likeness (QED) is 0.540. The molecule has 4 heteroatoms. The van der Waals surface area contributed by atoms with E-state index < -0.39 is 0 Å². The lowest BCUT2D eigenvalue weighted by molar-refractivity contribution is 0.203. The van der Waals surface area contributed by atoms with E-state index in [-0.39, 0.29) is 6.03 Å². The number of primary amides is 1. The molecule has 1 fully saturated rings. The van der Waals surface area contributed by atoms with Gasteiger partial charge in [-0.25, -0.2) is 4.79 Å². The first kappa shape index (κ1) is 7.34. The zero-order valence-electron chi connectivity index (χ0n) is 6.13. The second-order valence-electron chi connectivity index (χ2n) is 2.66. The summed E-state index contributed by atoms with van der Waals surface area (Å²) in [5.74, 6) is 0. The van der Waals surface area contributed by atoms with E-state index in [4.69, 9.17) is 5.73 Å². The minimum Gasteiger partial charge on any atom is -0.351 e. The average Bonchev–Trinajstić information content (AvgIpc) is 1.77. The Morgan fingerprint density at radius 3 is 2.80 bits per heavy atom. The van der Waals surface area contributed by atoms with Crippen molar-refractivity contribution in [1.29, 1.82) is 0 Å². The minimum absolute atomic E-state index is 0.353. The van der Waals surface area contributed by atoms with Crippen molar-refractivity contribution in [2.75, 3.05) is 20.1 Å². The Labute approximate surface area is 60.4 Å². The fraction of sp³-hybridized carbons (Fsp3) is 0.833. The van der Waals surface area contributed by atoms with Gasteiger partial charge in [0.2, 0.25) is 0 Å². The first-order valence-electron chi connectivity index (χ1n) is 3.44. The maximum atomic E-state index is 10.5. The number of likely N-dealkylation sites (N-methyl/N-ethyl adjacent to an activating group) is 1. The summed E-state index contributed by atoms with van der Waals surface area (Å²) in [4.78, 5) is 12.0. The Bertz CT molecular complexity index is 133. The number of hydrogen-bond acceptors (Lipinski definition) is 2. The summed E-state index contributed by atoms with van der Waals surface area (Å²) in [6.07, 6.45) is 1.15. The molecule has 0 aromatic rings. The zero-order chi connectivity index (χ0) is 7.56. The molecule has 0 aromatic carbocycles. The van der Waals surface area contributed by atoms with E-state index >= 15 is 0 Å². The summed E-state index contributed by atoms with van der Waals surface area (Å²) in [7, 11) is 1.71. The predicted molar refractivity (Wildman–Crippen MR) is 38.6 cm³/mol. The Morgan fingerprint density at radius 2 is 2.50 bits per heavy atom. The maximum Gasteiger partial charge on any atom is 0.314 e.